The Balaban J connectivity index is 2.75. The molecule has 2 rings (SSSR count). The predicted molar refractivity (Wildman–Crippen MR) is 51.1 cm³/mol. The first-order valence-corrected chi connectivity index (χ1v) is 4.20. The van der Waals surface area contributed by atoms with Crippen LogP contribution in [0.2, 0.25) is 5.15 Å². The lowest BCUT2D eigenvalue weighted by Crippen LogP contribution is -1.90. The van der Waals surface area contributed by atoms with Crippen LogP contribution in [0.25, 0.3) is 10.9 Å². The first-order valence-electron chi connectivity index (χ1n) is 3.82. The number of ketones is 1. The number of rotatable bonds is 1. The number of H-pyrrole nitrogens is 1. The Kier molecular flexibility index (Phi) is 1.81. The molecule has 0 aliphatic rings. The molecule has 4 heteroatoms. The molecule has 0 aromatic carbocycles. The molecular formula is C9H7ClN2O. The Morgan fingerprint density at radius 1 is 1.62 bits per heavy atom. The molecule has 0 fully saturated rings. The molecule has 66 valence electrons. The van der Waals surface area contributed by atoms with Gasteiger partial charge in [0.1, 0.15) is 0 Å². The van der Waals surface area contributed by atoms with Gasteiger partial charge in [-0.05, 0) is 12.1 Å². The van der Waals surface area contributed by atoms with E-state index in [0.717, 1.165) is 10.9 Å². The van der Waals surface area contributed by atoms with Crippen molar-refractivity contribution in [2.24, 2.45) is 0 Å². The van der Waals surface area contributed by atoms with Crippen LogP contribution in [0.1, 0.15) is 17.4 Å². The van der Waals surface area contributed by atoms with Gasteiger partial charge in [-0.15, -0.1) is 0 Å². The van der Waals surface area contributed by atoms with Gasteiger partial charge in [0.05, 0.1) is 11.2 Å². The van der Waals surface area contributed by atoms with Crippen molar-refractivity contribution in [3.63, 3.8) is 0 Å². The molecule has 13 heavy (non-hydrogen) atoms. The Bertz CT molecular complexity index is 475. The van der Waals surface area contributed by atoms with Crippen molar-refractivity contribution in [2.75, 3.05) is 0 Å². The molecule has 0 saturated carbocycles. The van der Waals surface area contributed by atoms with E-state index < -0.39 is 0 Å². The van der Waals surface area contributed by atoms with Gasteiger partial charge in [0, 0.05) is 18.5 Å². The number of nitrogens with zero attached hydrogens (tertiary/aromatic N) is 1. The fraction of sp³-hybridized carbons (Fsp3) is 0.111. The first kappa shape index (κ1) is 8.26. The van der Waals surface area contributed by atoms with E-state index in [1.54, 1.807) is 12.3 Å². The van der Waals surface area contributed by atoms with Gasteiger partial charge in [-0.25, -0.2) is 4.98 Å². The molecule has 0 radical (unpaired) electrons. The summed E-state index contributed by atoms with van der Waals surface area (Å²) in [5.41, 5.74) is 1.28. The lowest BCUT2D eigenvalue weighted by Gasteiger charge is -1.90. The topological polar surface area (TPSA) is 45.8 Å². The zero-order chi connectivity index (χ0) is 9.42. The molecule has 0 aliphatic carbocycles. The Hall–Kier alpha value is -1.35. The van der Waals surface area contributed by atoms with Gasteiger partial charge in [0.25, 0.3) is 0 Å². The van der Waals surface area contributed by atoms with Gasteiger partial charge in [-0.1, -0.05) is 11.6 Å². The number of fused-ring (bicyclic) bond motifs is 1. The Morgan fingerprint density at radius 3 is 3.00 bits per heavy atom. The monoisotopic (exact) mass is 194 g/mol. The largest absolute Gasteiger partial charge is 0.350 e. The summed E-state index contributed by atoms with van der Waals surface area (Å²) in [6.07, 6.45) is 1.61. The summed E-state index contributed by atoms with van der Waals surface area (Å²) in [7, 11) is 0. The molecular weight excluding hydrogens is 188 g/mol. The van der Waals surface area contributed by atoms with Crippen LogP contribution in [0.15, 0.2) is 18.3 Å². The highest BCUT2D eigenvalue weighted by Gasteiger charge is 2.06. The highest BCUT2D eigenvalue weighted by Crippen LogP contribution is 2.21. The average Bonchev–Trinajstić information content (AvgIpc) is 2.49. The summed E-state index contributed by atoms with van der Waals surface area (Å²) in [5, 5.41) is 1.30. The second-order valence-electron chi connectivity index (χ2n) is 2.81. The number of carbonyl (C=O) groups is 1. The summed E-state index contributed by atoms with van der Waals surface area (Å²) in [6.45, 7) is 1.51. The Labute approximate surface area is 79.7 Å². The maximum atomic E-state index is 11.0. The van der Waals surface area contributed by atoms with Crippen LogP contribution in [-0.2, 0) is 0 Å². The van der Waals surface area contributed by atoms with Crippen LogP contribution in [0.5, 0.6) is 0 Å². The molecule has 2 aromatic rings. The third kappa shape index (κ3) is 1.31. The molecule has 0 spiro atoms. The quantitative estimate of drug-likeness (QED) is 0.560. The third-order valence-corrected chi connectivity index (χ3v) is 2.16. The van der Waals surface area contributed by atoms with Crippen LogP contribution in [0.4, 0.5) is 0 Å². The summed E-state index contributed by atoms with van der Waals surface area (Å²) in [5.74, 6) is -0.00716. The number of aromatic nitrogens is 2. The van der Waals surface area contributed by atoms with E-state index in [1.807, 2.05) is 6.07 Å². The van der Waals surface area contributed by atoms with Gasteiger partial charge in [-0.3, -0.25) is 4.79 Å². The number of nitrogens with one attached hydrogen (secondary N) is 1. The van der Waals surface area contributed by atoms with Crippen LogP contribution < -0.4 is 0 Å². The number of halogens is 1. The van der Waals surface area contributed by atoms with Crippen molar-refractivity contribution in [3.05, 3.63) is 29.2 Å². The molecule has 2 aromatic heterocycles. The molecule has 0 saturated heterocycles. The van der Waals surface area contributed by atoms with Crippen molar-refractivity contribution in [1.29, 1.82) is 0 Å². The number of hydrogen-bond donors (Lipinski definition) is 1. The van der Waals surface area contributed by atoms with Crippen molar-refractivity contribution in [1.82, 2.24) is 9.97 Å². The lowest BCUT2D eigenvalue weighted by molar-refractivity contribution is 0.101. The minimum Gasteiger partial charge on any atom is -0.350 e. The number of carbonyl (C=O) groups excluding carboxylic acids is 1. The van der Waals surface area contributed by atoms with Crippen LogP contribution in [0.3, 0.4) is 0 Å². The summed E-state index contributed by atoms with van der Waals surface area (Å²) < 4.78 is 0. The second-order valence-corrected chi connectivity index (χ2v) is 3.16. The highest BCUT2D eigenvalue weighted by atomic mass is 35.5. The van der Waals surface area contributed by atoms with Crippen LogP contribution >= 0.6 is 11.6 Å². The number of aromatic amines is 1. The van der Waals surface area contributed by atoms with Crippen molar-refractivity contribution in [3.8, 4) is 0 Å². The van der Waals surface area contributed by atoms with E-state index in [0.29, 0.717) is 10.8 Å². The highest BCUT2D eigenvalue weighted by molar-refractivity contribution is 6.33. The normalized spacial score (nSPS) is 10.6. The molecule has 0 unspecified atom stereocenters. The number of hydrogen-bond acceptors (Lipinski definition) is 2. The van der Waals surface area contributed by atoms with Gasteiger partial charge >= 0.3 is 0 Å². The van der Waals surface area contributed by atoms with Crippen molar-refractivity contribution in [2.45, 2.75) is 6.92 Å². The van der Waals surface area contributed by atoms with Crippen LogP contribution in [0, 0.1) is 0 Å². The smallest absolute Gasteiger partial charge is 0.175 e. The molecule has 1 N–H and O–H groups in total. The average molecular weight is 195 g/mol. The fourth-order valence-electron chi connectivity index (χ4n) is 1.21. The maximum Gasteiger partial charge on any atom is 0.175 e. The first-order chi connectivity index (χ1) is 6.18. The lowest BCUT2D eigenvalue weighted by atomic mass is 10.3. The van der Waals surface area contributed by atoms with E-state index in [4.69, 9.17) is 11.6 Å². The van der Waals surface area contributed by atoms with Gasteiger partial charge in [0.2, 0.25) is 0 Å². The van der Waals surface area contributed by atoms with Gasteiger partial charge in [-0.2, -0.15) is 0 Å². The molecule has 2 heterocycles. The summed E-state index contributed by atoms with van der Waals surface area (Å²) >= 11 is 5.82. The van der Waals surface area contributed by atoms with Crippen molar-refractivity contribution >= 4 is 28.3 Å². The summed E-state index contributed by atoms with van der Waals surface area (Å²) in [6, 6.07) is 3.58. The molecule has 3 nitrogen and oxygen atoms in total. The maximum absolute atomic E-state index is 11.0. The minimum absolute atomic E-state index is 0.00716. The van der Waals surface area contributed by atoms with E-state index >= 15 is 0 Å². The zero-order valence-corrected chi connectivity index (χ0v) is 7.72. The SMILES string of the molecule is CC(=O)c1cc2ccnc(Cl)c2[nH]1. The predicted octanol–water partition coefficient (Wildman–Crippen LogP) is 2.42. The standard InChI is InChI=1S/C9H7ClN2O/c1-5(13)7-4-6-2-3-11-9(10)8(6)12-7/h2-4,12H,1H3. The van der Waals surface area contributed by atoms with Crippen molar-refractivity contribution < 1.29 is 4.79 Å². The summed E-state index contributed by atoms with van der Waals surface area (Å²) in [4.78, 5) is 17.9. The number of Topliss-reactive ketones (excluding diaryl/α,β-unsaturated/α-hetero) is 1. The number of pyridine rings is 1. The molecule has 0 amide bonds. The Morgan fingerprint density at radius 2 is 2.38 bits per heavy atom. The van der Waals surface area contributed by atoms with Gasteiger partial charge < -0.3 is 4.98 Å². The molecule has 0 aliphatic heterocycles. The molecule has 0 atom stereocenters. The third-order valence-electron chi connectivity index (χ3n) is 1.88. The van der Waals surface area contributed by atoms with E-state index in [1.165, 1.54) is 6.92 Å². The second kappa shape index (κ2) is 2.85. The zero-order valence-electron chi connectivity index (χ0n) is 6.97. The minimum atomic E-state index is -0.00716. The van der Waals surface area contributed by atoms with Gasteiger partial charge in [0.15, 0.2) is 10.9 Å². The van der Waals surface area contributed by atoms with E-state index in [2.05, 4.69) is 9.97 Å². The van der Waals surface area contributed by atoms with E-state index in [9.17, 15) is 4.79 Å². The van der Waals surface area contributed by atoms with Crippen LogP contribution in [-0.4, -0.2) is 15.8 Å². The molecule has 0 bridgehead atoms. The fourth-order valence-corrected chi connectivity index (χ4v) is 1.42. The van der Waals surface area contributed by atoms with E-state index in [-0.39, 0.29) is 5.78 Å².